The molecule has 17 heavy (non-hydrogen) atoms. The highest BCUT2D eigenvalue weighted by molar-refractivity contribution is 6.34. The average molecular weight is 253 g/mol. The Morgan fingerprint density at radius 1 is 1.53 bits per heavy atom. The summed E-state index contributed by atoms with van der Waals surface area (Å²) in [7, 11) is 1.82. The van der Waals surface area contributed by atoms with Gasteiger partial charge >= 0.3 is 0 Å². The van der Waals surface area contributed by atoms with Gasteiger partial charge in [0.15, 0.2) is 0 Å². The number of nitrogens with two attached hydrogens (primary N) is 1. The minimum Gasteiger partial charge on any atom is -0.399 e. The van der Waals surface area contributed by atoms with Crippen molar-refractivity contribution in [1.29, 1.82) is 0 Å². The molecule has 1 saturated carbocycles. The molecule has 0 radical (unpaired) electrons. The number of halogens is 1. The highest BCUT2D eigenvalue weighted by atomic mass is 35.5. The van der Waals surface area contributed by atoms with Crippen LogP contribution in [0.3, 0.4) is 0 Å². The van der Waals surface area contributed by atoms with Gasteiger partial charge in [0.25, 0.3) is 5.91 Å². The monoisotopic (exact) mass is 252 g/mol. The number of benzene rings is 1. The number of hydrogen-bond donors (Lipinski definition) is 1. The number of nitrogens with zero attached hydrogens (tertiary/aromatic N) is 1. The molecule has 3 nitrogen and oxygen atoms in total. The number of nitrogen functional groups attached to an aromatic ring is 1. The number of carbonyl (C=O) groups excluding carboxylic acids is 1. The van der Waals surface area contributed by atoms with Crippen LogP contribution in [0, 0.1) is 5.92 Å². The zero-order valence-electron chi connectivity index (χ0n) is 9.95. The Labute approximate surface area is 107 Å². The molecular formula is C13H17ClN2O. The van der Waals surface area contributed by atoms with Gasteiger partial charge in [0.2, 0.25) is 0 Å². The Bertz CT molecular complexity index is 429. The first-order valence-electron chi connectivity index (χ1n) is 5.88. The SMILES string of the molecule is CN(CCC1CC1)C(=O)c1ccc(N)cc1Cl. The molecule has 0 atom stereocenters. The Hall–Kier alpha value is -1.22. The van der Waals surface area contributed by atoms with E-state index in [-0.39, 0.29) is 5.91 Å². The van der Waals surface area contributed by atoms with Gasteiger partial charge in [-0.1, -0.05) is 24.4 Å². The normalized spacial score (nSPS) is 14.7. The average Bonchev–Trinajstić information content (AvgIpc) is 3.09. The van der Waals surface area contributed by atoms with Crippen molar-refractivity contribution in [2.45, 2.75) is 19.3 Å². The van der Waals surface area contributed by atoms with Crippen LogP contribution in [0.2, 0.25) is 5.02 Å². The van der Waals surface area contributed by atoms with Gasteiger partial charge in [0.1, 0.15) is 0 Å². The fraction of sp³-hybridized carbons (Fsp3) is 0.462. The molecule has 0 unspecified atom stereocenters. The predicted octanol–water partition coefficient (Wildman–Crippen LogP) is 2.79. The summed E-state index contributed by atoms with van der Waals surface area (Å²) in [5.41, 5.74) is 6.70. The molecule has 1 aliphatic rings. The van der Waals surface area contributed by atoms with Crippen LogP contribution < -0.4 is 5.73 Å². The lowest BCUT2D eigenvalue weighted by Crippen LogP contribution is -2.28. The summed E-state index contributed by atoms with van der Waals surface area (Å²) in [4.78, 5) is 13.8. The quantitative estimate of drug-likeness (QED) is 0.838. The molecule has 0 saturated heterocycles. The van der Waals surface area contributed by atoms with Crippen LogP contribution in [0.1, 0.15) is 29.6 Å². The fourth-order valence-corrected chi connectivity index (χ4v) is 2.06. The Balaban J connectivity index is 2.01. The predicted molar refractivity (Wildman–Crippen MR) is 70.2 cm³/mol. The molecule has 4 heteroatoms. The molecule has 0 aliphatic heterocycles. The van der Waals surface area contributed by atoms with Crippen molar-refractivity contribution in [3.8, 4) is 0 Å². The third-order valence-electron chi connectivity index (χ3n) is 3.14. The van der Waals surface area contributed by atoms with Crippen LogP contribution >= 0.6 is 11.6 Å². The molecule has 1 aromatic carbocycles. The van der Waals surface area contributed by atoms with E-state index in [2.05, 4.69) is 0 Å². The van der Waals surface area contributed by atoms with E-state index in [0.717, 1.165) is 18.9 Å². The second kappa shape index (κ2) is 4.96. The minimum atomic E-state index is -0.0318. The third kappa shape index (κ3) is 3.13. The molecular weight excluding hydrogens is 236 g/mol. The summed E-state index contributed by atoms with van der Waals surface area (Å²) in [5, 5.41) is 0.424. The van der Waals surface area contributed by atoms with Crippen LogP contribution in [0.15, 0.2) is 18.2 Å². The second-order valence-electron chi connectivity index (χ2n) is 4.70. The largest absolute Gasteiger partial charge is 0.399 e. The molecule has 92 valence electrons. The van der Waals surface area contributed by atoms with Gasteiger partial charge in [-0.15, -0.1) is 0 Å². The van der Waals surface area contributed by atoms with E-state index in [9.17, 15) is 4.79 Å². The minimum absolute atomic E-state index is 0.0318. The molecule has 1 aliphatic carbocycles. The lowest BCUT2D eigenvalue weighted by atomic mass is 10.1. The number of hydrogen-bond acceptors (Lipinski definition) is 2. The Morgan fingerprint density at radius 3 is 2.82 bits per heavy atom. The topological polar surface area (TPSA) is 46.3 Å². The highest BCUT2D eigenvalue weighted by Gasteiger charge is 2.23. The Kier molecular flexibility index (Phi) is 3.57. The molecule has 2 N–H and O–H groups in total. The zero-order valence-corrected chi connectivity index (χ0v) is 10.7. The molecule has 0 spiro atoms. The van der Waals surface area contributed by atoms with Crippen molar-refractivity contribution in [3.05, 3.63) is 28.8 Å². The third-order valence-corrected chi connectivity index (χ3v) is 3.45. The lowest BCUT2D eigenvalue weighted by Gasteiger charge is -2.17. The lowest BCUT2D eigenvalue weighted by molar-refractivity contribution is 0.0792. The smallest absolute Gasteiger partial charge is 0.255 e. The van der Waals surface area contributed by atoms with Gasteiger partial charge in [-0.3, -0.25) is 4.79 Å². The van der Waals surface area contributed by atoms with Crippen molar-refractivity contribution < 1.29 is 4.79 Å². The van der Waals surface area contributed by atoms with Crippen molar-refractivity contribution >= 4 is 23.2 Å². The van der Waals surface area contributed by atoms with Gasteiger partial charge in [-0.05, 0) is 30.5 Å². The van der Waals surface area contributed by atoms with Crippen LogP contribution in [0.5, 0.6) is 0 Å². The maximum absolute atomic E-state index is 12.1. The van der Waals surface area contributed by atoms with Crippen LogP contribution in [-0.2, 0) is 0 Å². The van der Waals surface area contributed by atoms with E-state index in [1.54, 1.807) is 23.1 Å². The maximum Gasteiger partial charge on any atom is 0.255 e. The highest BCUT2D eigenvalue weighted by Crippen LogP contribution is 2.32. The summed E-state index contributed by atoms with van der Waals surface area (Å²) in [6.45, 7) is 0.796. The summed E-state index contributed by atoms with van der Waals surface area (Å²) in [6.07, 6.45) is 3.71. The van der Waals surface area contributed by atoms with E-state index >= 15 is 0 Å². The first-order valence-corrected chi connectivity index (χ1v) is 6.26. The summed E-state index contributed by atoms with van der Waals surface area (Å²) in [6, 6.07) is 5.00. The van der Waals surface area contributed by atoms with Gasteiger partial charge in [0.05, 0.1) is 10.6 Å². The molecule has 0 bridgehead atoms. The summed E-state index contributed by atoms with van der Waals surface area (Å²) >= 11 is 6.02. The van der Waals surface area contributed by atoms with Crippen LogP contribution in [-0.4, -0.2) is 24.4 Å². The molecule has 1 amide bonds. The summed E-state index contributed by atoms with van der Waals surface area (Å²) in [5.74, 6) is 0.794. The fourth-order valence-electron chi connectivity index (χ4n) is 1.79. The van der Waals surface area contributed by atoms with E-state index in [0.29, 0.717) is 16.3 Å². The molecule has 0 aromatic heterocycles. The van der Waals surface area contributed by atoms with Crippen molar-refractivity contribution in [1.82, 2.24) is 4.90 Å². The van der Waals surface area contributed by atoms with E-state index in [4.69, 9.17) is 17.3 Å². The molecule has 0 heterocycles. The second-order valence-corrected chi connectivity index (χ2v) is 5.11. The molecule has 2 rings (SSSR count). The first kappa shape index (κ1) is 12.2. The first-order chi connectivity index (χ1) is 8.08. The van der Waals surface area contributed by atoms with Crippen molar-refractivity contribution in [3.63, 3.8) is 0 Å². The van der Waals surface area contributed by atoms with E-state index in [1.807, 2.05) is 7.05 Å². The number of amides is 1. The molecule has 1 aromatic rings. The standard InChI is InChI=1S/C13H17ClN2O/c1-16(7-6-9-2-3-9)13(17)11-5-4-10(15)8-12(11)14/h4-5,8-9H,2-3,6-7,15H2,1H3. The van der Waals surface area contributed by atoms with Gasteiger partial charge < -0.3 is 10.6 Å². The van der Waals surface area contributed by atoms with Gasteiger partial charge in [-0.25, -0.2) is 0 Å². The van der Waals surface area contributed by atoms with E-state index < -0.39 is 0 Å². The molecule has 1 fully saturated rings. The van der Waals surface area contributed by atoms with Crippen molar-refractivity contribution in [2.24, 2.45) is 5.92 Å². The van der Waals surface area contributed by atoms with Crippen molar-refractivity contribution in [2.75, 3.05) is 19.3 Å². The van der Waals surface area contributed by atoms with Crippen LogP contribution in [0.25, 0.3) is 0 Å². The zero-order chi connectivity index (χ0) is 12.4. The van der Waals surface area contributed by atoms with Crippen LogP contribution in [0.4, 0.5) is 5.69 Å². The summed E-state index contributed by atoms with van der Waals surface area (Å²) < 4.78 is 0. The van der Waals surface area contributed by atoms with Gasteiger partial charge in [-0.2, -0.15) is 0 Å². The number of rotatable bonds is 4. The number of carbonyl (C=O) groups is 1. The maximum atomic E-state index is 12.1. The number of anilines is 1. The Morgan fingerprint density at radius 2 is 2.24 bits per heavy atom. The van der Waals surface area contributed by atoms with Gasteiger partial charge in [0, 0.05) is 19.3 Å². The van der Waals surface area contributed by atoms with E-state index in [1.165, 1.54) is 12.8 Å².